The molecule has 26 heavy (non-hydrogen) atoms. The highest BCUT2D eigenvalue weighted by molar-refractivity contribution is 5.94. The predicted octanol–water partition coefficient (Wildman–Crippen LogP) is 3.84. The van der Waals surface area contributed by atoms with E-state index in [0.29, 0.717) is 5.56 Å². The third kappa shape index (κ3) is 5.77. The van der Waals surface area contributed by atoms with E-state index in [-0.39, 0.29) is 11.1 Å². The zero-order valence-corrected chi connectivity index (χ0v) is 14.8. The molecule has 2 aromatic carbocycles. The first-order valence-corrected chi connectivity index (χ1v) is 8.49. The average molecular weight is 353 g/mol. The molecule has 2 N–H and O–H groups in total. The van der Waals surface area contributed by atoms with Crippen LogP contribution in [-0.2, 0) is 6.42 Å². The van der Waals surface area contributed by atoms with Crippen molar-refractivity contribution in [3.63, 3.8) is 0 Å². The van der Waals surface area contributed by atoms with Crippen molar-refractivity contribution < 1.29 is 19.8 Å². The van der Waals surface area contributed by atoms with E-state index < -0.39 is 11.9 Å². The Morgan fingerprint density at radius 1 is 1.04 bits per heavy atom. The molecule has 0 saturated carbocycles. The van der Waals surface area contributed by atoms with Crippen LogP contribution >= 0.6 is 0 Å². The standard InChI is InChI=1S/C12H15N.C9H8O4/c1-2-6-12(7-3-1)8-11-13-9-4-5-10-13;1-5-2-3-6(8(10)11)4-7(5)9(12)13/h1-4,6-7,9H,5,8,10-11H2;2-4H,1H3,(H,10,11)(H,12,13). The molecule has 2 aromatic rings. The zero-order valence-electron chi connectivity index (χ0n) is 14.8. The van der Waals surface area contributed by atoms with Crippen LogP contribution < -0.4 is 0 Å². The average Bonchev–Trinajstić information content (AvgIpc) is 3.15. The largest absolute Gasteiger partial charge is 0.478 e. The first kappa shape index (κ1) is 19.2. The fourth-order valence-corrected chi connectivity index (χ4v) is 2.63. The van der Waals surface area contributed by atoms with Gasteiger partial charge in [-0.1, -0.05) is 42.5 Å². The van der Waals surface area contributed by atoms with Gasteiger partial charge < -0.3 is 15.1 Å². The Morgan fingerprint density at radius 3 is 2.35 bits per heavy atom. The number of hydrogen-bond acceptors (Lipinski definition) is 3. The number of carbonyl (C=O) groups is 2. The van der Waals surface area contributed by atoms with E-state index in [4.69, 9.17) is 10.2 Å². The van der Waals surface area contributed by atoms with Crippen molar-refractivity contribution in [2.45, 2.75) is 19.8 Å². The van der Waals surface area contributed by atoms with Crippen molar-refractivity contribution in [3.8, 4) is 0 Å². The number of benzene rings is 2. The maximum absolute atomic E-state index is 10.6. The van der Waals surface area contributed by atoms with Gasteiger partial charge in [0.1, 0.15) is 0 Å². The van der Waals surface area contributed by atoms with Gasteiger partial charge in [-0.05, 0) is 49.2 Å². The summed E-state index contributed by atoms with van der Waals surface area (Å²) in [6.07, 6.45) is 6.83. The molecule has 5 heteroatoms. The molecule has 0 amide bonds. The van der Waals surface area contributed by atoms with E-state index in [0.717, 1.165) is 19.0 Å². The van der Waals surface area contributed by atoms with E-state index in [1.165, 1.54) is 30.7 Å². The number of carboxylic acids is 2. The Balaban J connectivity index is 0.000000187. The Morgan fingerprint density at radius 2 is 1.77 bits per heavy atom. The summed E-state index contributed by atoms with van der Waals surface area (Å²) in [6, 6.07) is 14.7. The SMILES string of the molecule is C1=CN(CCc2ccccc2)CC1.Cc1ccc(C(=O)O)cc1C(=O)O. The summed E-state index contributed by atoms with van der Waals surface area (Å²) in [6.45, 7) is 3.97. The lowest BCUT2D eigenvalue weighted by Crippen LogP contribution is -2.17. The second-order valence-corrected chi connectivity index (χ2v) is 6.09. The van der Waals surface area contributed by atoms with Crippen LogP contribution in [0.1, 0.15) is 38.3 Å². The number of aryl methyl sites for hydroxylation is 1. The normalized spacial score (nSPS) is 12.4. The van der Waals surface area contributed by atoms with Gasteiger partial charge in [0, 0.05) is 13.1 Å². The van der Waals surface area contributed by atoms with Crippen molar-refractivity contribution in [1.29, 1.82) is 0 Å². The quantitative estimate of drug-likeness (QED) is 0.854. The number of rotatable bonds is 5. The van der Waals surface area contributed by atoms with Crippen LogP contribution in [0.5, 0.6) is 0 Å². The molecule has 0 atom stereocenters. The molecule has 0 bridgehead atoms. The Kier molecular flexibility index (Phi) is 6.97. The van der Waals surface area contributed by atoms with Gasteiger partial charge in [0.25, 0.3) is 0 Å². The van der Waals surface area contributed by atoms with E-state index in [9.17, 15) is 9.59 Å². The van der Waals surface area contributed by atoms with Crippen molar-refractivity contribution in [3.05, 3.63) is 83.1 Å². The Labute approximate surface area is 153 Å². The highest BCUT2D eigenvalue weighted by Gasteiger charge is 2.10. The van der Waals surface area contributed by atoms with Gasteiger partial charge in [0.2, 0.25) is 0 Å². The van der Waals surface area contributed by atoms with Crippen LogP contribution in [0.15, 0.2) is 60.8 Å². The van der Waals surface area contributed by atoms with Crippen molar-refractivity contribution in [2.75, 3.05) is 13.1 Å². The second kappa shape index (κ2) is 9.42. The molecule has 1 aliphatic heterocycles. The van der Waals surface area contributed by atoms with Crippen LogP contribution in [0.3, 0.4) is 0 Å². The maximum Gasteiger partial charge on any atom is 0.335 e. The van der Waals surface area contributed by atoms with Crippen molar-refractivity contribution in [1.82, 2.24) is 4.90 Å². The minimum absolute atomic E-state index is 0.0111. The van der Waals surface area contributed by atoms with Gasteiger partial charge in [-0.2, -0.15) is 0 Å². The van der Waals surface area contributed by atoms with Gasteiger partial charge in [-0.15, -0.1) is 0 Å². The molecule has 136 valence electrons. The second-order valence-electron chi connectivity index (χ2n) is 6.09. The third-order valence-corrected chi connectivity index (χ3v) is 4.14. The summed E-state index contributed by atoms with van der Waals surface area (Å²) >= 11 is 0. The molecular formula is C21H23NO4. The highest BCUT2D eigenvalue weighted by Crippen LogP contribution is 2.11. The van der Waals surface area contributed by atoms with E-state index >= 15 is 0 Å². The first-order valence-electron chi connectivity index (χ1n) is 8.49. The minimum atomic E-state index is -1.12. The van der Waals surface area contributed by atoms with Crippen LogP contribution in [0.4, 0.5) is 0 Å². The molecule has 0 unspecified atom stereocenters. The zero-order chi connectivity index (χ0) is 18.9. The molecule has 0 spiro atoms. The number of nitrogens with zero attached hydrogens (tertiary/aromatic N) is 1. The molecule has 0 aromatic heterocycles. The molecule has 0 saturated heterocycles. The first-order chi connectivity index (χ1) is 12.5. The summed E-state index contributed by atoms with van der Waals surface area (Å²) in [5.41, 5.74) is 2.00. The minimum Gasteiger partial charge on any atom is -0.478 e. The van der Waals surface area contributed by atoms with E-state index in [1.54, 1.807) is 6.92 Å². The summed E-state index contributed by atoms with van der Waals surface area (Å²) in [7, 11) is 0. The van der Waals surface area contributed by atoms with Crippen LogP contribution in [0.2, 0.25) is 0 Å². The van der Waals surface area contributed by atoms with Crippen LogP contribution in [-0.4, -0.2) is 40.1 Å². The van der Waals surface area contributed by atoms with E-state index in [2.05, 4.69) is 47.5 Å². The molecule has 0 fully saturated rings. The predicted molar refractivity (Wildman–Crippen MR) is 101 cm³/mol. The lowest BCUT2D eigenvalue weighted by molar-refractivity contribution is 0.0695. The molecule has 3 rings (SSSR count). The fourth-order valence-electron chi connectivity index (χ4n) is 2.63. The summed E-state index contributed by atoms with van der Waals surface area (Å²) < 4.78 is 0. The number of carboxylic acid groups (broad SMARTS) is 2. The molecular weight excluding hydrogens is 330 g/mol. The molecule has 1 aliphatic rings. The van der Waals surface area contributed by atoms with Gasteiger partial charge in [-0.3, -0.25) is 0 Å². The third-order valence-electron chi connectivity index (χ3n) is 4.14. The lowest BCUT2D eigenvalue weighted by Gasteiger charge is -2.14. The smallest absolute Gasteiger partial charge is 0.335 e. The van der Waals surface area contributed by atoms with Crippen LogP contribution in [0.25, 0.3) is 0 Å². The van der Waals surface area contributed by atoms with Crippen LogP contribution in [0, 0.1) is 6.92 Å². The number of hydrogen-bond donors (Lipinski definition) is 2. The fraction of sp³-hybridized carbons (Fsp3) is 0.238. The van der Waals surface area contributed by atoms with Gasteiger partial charge >= 0.3 is 11.9 Å². The molecule has 0 aliphatic carbocycles. The van der Waals surface area contributed by atoms with Gasteiger partial charge in [-0.25, -0.2) is 9.59 Å². The number of aromatic carboxylic acids is 2. The van der Waals surface area contributed by atoms with Gasteiger partial charge in [0.05, 0.1) is 11.1 Å². The topological polar surface area (TPSA) is 77.8 Å². The summed E-state index contributed by atoms with van der Waals surface area (Å²) in [4.78, 5) is 23.5. The molecule has 1 heterocycles. The van der Waals surface area contributed by atoms with E-state index in [1.807, 2.05) is 0 Å². The lowest BCUT2D eigenvalue weighted by atomic mass is 10.1. The van der Waals surface area contributed by atoms with Crippen molar-refractivity contribution in [2.24, 2.45) is 0 Å². The Hall–Kier alpha value is -3.08. The highest BCUT2D eigenvalue weighted by atomic mass is 16.4. The van der Waals surface area contributed by atoms with Gasteiger partial charge in [0.15, 0.2) is 0 Å². The molecule has 0 radical (unpaired) electrons. The summed E-state index contributed by atoms with van der Waals surface area (Å²) in [5.74, 6) is -2.23. The maximum atomic E-state index is 10.6. The Bertz CT molecular complexity index is 784. The monoisotopic (exact) mass is 353 g/mol. The van der Waals surface area contributed by atoms with Crippen molar-refractivity contribution >= 4 is 11.9 Å². The molecule has 5 nitrogen and oxygen atoms in total. The summed E-state index contributed by atoms with van der Waals surface area (Å²) in [5, 5.41) is 17.3.